The van der Waals surface area contributed by atoms with Crippen molar-refractivity contribution in [3.05, 3.63) is 76.1 Å². The second-order valence-corrected chi connectivity index (χ2v) is 7.37. The van der Waals surface area contributed by atoms with E-state index in [4.69, 9.17) is 21.9 Å². The molecule has 150 valence electrons. The van der Waals surface area contributed by atoms with Crippen LogP contribution in [0, 0.1) is 6.92 Å². The maximum absolute atomic E-state index is 13.2. The van der Waals surface area contributed by atoms with E-state index in [1.807, 2.05) is 24.3 Å². The number of aliphatic imine (C=N–C) groups is 1. The molecule has 0 radical (unpaired) electrons. The van der Waals surface area contributed by atoms with Crippen LogP contribution in [0.25, 0.3) is 11.1 Å². The highest BCUT2D eigenvalue weighted by Gasteiger charge is 2.40. The number of hydrogen-bond acceptors (Lipinski definition) is 4. The summed E-state index contributed by atoms with van der Waals surface area (Å²) in [5, 5.41) is 4.54. The Balaban J connectivity index is 1.93. The van der Waals surface area contributed by atoms with Crippen LogP contribution in [-0.2, 0) is 0 Å². The lowest BCUT2D eigenvalue weighted by atomic mass is 9.92. The zero-order valence-corrected chi connectivity index (χ0v) is 16.1. The molecule has 0 amide bonds. The van der Waals surface area contributed by atoms with E-state index in [9.17, 15) is 13.2 Å². The monoisotopic (exact) mass is 419 g/mol. The summed E-state index contributed by atoms with van der Waals surface area (Å²) in [7, 11) is 0. The number of nitrogens with two attached hydrogens (primary N) is 1. The summed E-state index contributed by atoms with van der Waals surface area (Å²) >= 11 is 6.00. The van der Waals surface area contributed by atoms with Gasteiger partial charge in [-0.1, -0.05) is 53.2 Å². The second-order valence-electron chi connectivity index (χ2n) is 6.94. The van der Waals surface area contributed by atoms with Crippen LogP contribution < -0.4 is 5.73 Å². The van der Waals surface area contributed by atoms with E-state index in [-0.39, 0.29) is 0 Å². The first kappa shape index (κ1) is 19.7. The normalized spacial score (nSPS) is 17.2. The Kier molecular flexibility index (Phi) is 4.96. The number of alkyl halides is 3. The Hall–Kier alpha value is -2.64. The Morgan fingerprint density at radius 1 is 1.10 bits per heavy atom. The summed E-state index contributed by atoms with van der Waals surface area (Å²) in [4.78, 5) is 4.68. The summed E-state index contributed by atoms with van der Waals surface area (Å²) in [6.07, 6.45) is -4.99. The van der Waals surface area contributed by atoms with Gasteiger partial charge in [0, 0.05) is 22.6 Å². The average Bonchev–Trinajstić information content (AvgIpc) is 3.00. The van der Waals surface area contributed by atoms with Crippen molar-refractivity contribution < 1.29 is 17.7 Å². The zero-order valence-electron chi connectivity index (χ0n) is 15.4. The third-order valence-corrected chi connectivity index (χ3v) is 5.20. The molecule has 0 saturated heterocycles. The number of nitrogens with zero attached hydrogens (tertiary/aromatic N) is 2. The van der Waals surface area contributed by atoms with Crippen LogP contribution in [0.1, 0.15) is 35.0 Å². The van der Waals surface area contributed by atoms with Gasteiger partial charge in [-0.05, 0) is 24.6 Å². The molecule has 1 aromatic heterocycles. The van der Waals surface area contributed by atoms with Gasteiger partial charge in [0.05, 0.1) is 17.0 Å². The Morgan fingerprint density at radius 2 is 1.76 bits per heavy atom. The molecule has 4 nitrogen and oxygen atoms in total. The summed E-state index contributed by atoms with van der Waals surface area (Å²) in [5.74, 6) is 0.290. The molecule has 0 fully saturated rings. The van der Waals surface area contributed by atoms with Crippen molar-refractivity contribution in [2.45, 2.75) is 31.6 Å². The van der Waals surface area contributed by atoms with Crippen LogP contribution in [0.5, 0.6) is 0 Å². The molecule has 0 unspecified atom stereocenters. The average molecular weight is 420 g/mol. The molecule has 2 N–H and O–H groups in total. The van der Waals surface area contributed by atoms with Gasteiger partial charge in [0.1, 0.15) is 12.1 Å². The van der Waals surface area contributed by atoms with Crippen molar-refractivity contribution in [2.75, 3.05) is 0 Å². The third kappa shape index (κ3) is 3.68. The Bertz CT molecular complexity index is 1070. The number of halogens is 4. The van der Waals surface area contributed by atoms with Gasteiger partial charge in [0.15, 0.2) is 5.76 Å². The fourth-order valence-corrected chi connectivity index (χ4v) is 3.63. The van der Waals surface area contributed by atoms with Crippen LogP contribution in [0.3, 0.4) is 0 Å². The highest BCUT2D eigenvalue weighted by molar-refractivity contribution is 6.30. The van der Waals surface area contributed by atoms with Crippen molar-refractivity contribution in [3.63, 3.8) is 0 Å². The van der Waals surface area contributed by atoms with Gasteiger partial charge in [-0.3, -0.25) is 4.99 Å². The molecular formula is C21H17ClF3N3O. The Labute approximate surface area is 170 Å². The summed E-state index contributed by atoms with van der Waals surface area (Å²) in [6.45, 7) is 1.76. The minimum absolute atomic E-state index is 0.290. The van der Waals surface area contributed by atoms with Crippen molar-refractivity contribution in [3.8, 4) is 11.1 Å². The second kappa shape index (κ2) is 7.31. The minimum Gasteiger partial charge on any atom is -0.358 e. The molecule has 0 spiro atoms. The van der Waals surface area contributed by atoms with Gasteiger partial charge in [0.2, 0.25) is 0 Å². The van der Waals surface area contributed by atoms with E-state index < -0.39 is 24.7 Å². The largest absolute Gasteiger partial charge is 0.403 e. The molecule has 0 saturated carbocycles. The lowest BCUT2D eigenvalue weighted by Gasteiger charge is -2.19. The van der Waals surface area contributed by atoms with Gasteiger partial charge in [-0.2, -0.15) is 13.2 Å². The molecule has 0 aliphatic carbocycles. The maximum Gasteiger partial charge on any atom is 0.403 e. The molecular weight excluding hydrogens is 403 g/mol. The maximum atomic E-state index is 13.2. The molecule has 2 atom stereocenters. The number of rotatable bonds is 3. The highest BCUT2D eigenvalue weighted by Crippen LogP contribution is 2.42. The van der Waals surface area contributed by atoms with Crippen molar-refractivity contribution in [2.24, 2.45) is 10.7 Å². The quantitative estimate of drug-likeness (QED) is 0.611. The van der Waals surface area contributed by atoms with Crippen molar-refractivity contribution in [1.29, 1.82) is 0 Å². The first-order chi connectivity index (χ1) is 13.8. The van der Waals surface area contributed by atoms with E-state index in [1.165, 1.54) is 0 Å². The van der Waals surface area contributed by atoms with E-state index in [1.54, 1.807) is 31.2 Å². The molecule has 1 aliphatic rings. The minimum atomic E-state index is -4.54. The van der Waals surface area contributed by atoms with Gasteiger partial charge < -0.3 is 10.3 Å². The molecule has 4 rings (SSSR count). The fraction of sp³-hybridized carbons (Fsp3) is 0.238. The van der Waals surface area contributed by atoms with E-state index >= 15 is 0 Å². The first-order valence-corrected chi connectivity index (χ1v) is 9.35. The molecule has 29 heavy (non-hydrogen) atoms. The van der Waals surface area contributed by atoms with Gasteiger partial charge >= 0.3 is 6.18 Å². The molecule has 2 aromatic carbocycles. The van der Waals surface area contributed by atoms with Crippen LogP contribution in [0.2, 0.25) is 5.02 Å². The molecule has 1 aliphatic heterocycles. The number of aromatic nitrogens is 1. The lowest BCUT2D eigenvalue weighted by molar-refractivity contribution is -0.150. The van der Waals surface area contributed by atoms with Gasteiger partial charge in [-0.15, -0.1) is 0 Å². The van der Waals surface area contributed by atoms with E-state index in [0.29, 0.717) is 27.8 Å². The van der Waals surface area contributed by atoms with Crippen molar-refractivity contribution >= 4 is 17.3 Å². The summed E-state index contributed by atoms with van der Waals surface area (Å²) < 4.78 is 45.0. The van der Waals surface area contributed by atoms with Crippen molar-refractivity contribution in [1.82, 2.24) is 5.16 Å². The molecule has 2 heterocycles. The van der Waals surface area contributed by atoms with Gasteiger partial charge in [0.25, 0.3) is 0 Å². The SMILES string of the molecule is Cc1noc2c1-c1ccccc1C(c1ccc(Cl)cc1)=N[C@H]2C[C@H](N)C(F)(F)F. The predicted octanol–water partition coefficient (Wildman–Crippen LogP) is 5.48. The predicted molar refractivity (Wildman–Crippen MR) is 105 cm³/mol. The highest BCUT2D eigenvalue weighted by atomic mass is 35.5. The summed E-state index contributed by atoms with van der Waals surface area (Å²) in [5.41, 5.74) is 9.56. The molecule has 8 heteroatoms. The van der Waals surface area contributed by atoms with E-state index in [2.05, 4.69) is 10.1 Å². The third-order valence-electron chi connectivity index (χ3n) is 4.94. The molecule has 0 bridgehead atoms. The molecule has 3 aromatic rings. The van der Waals surface area contributed by atoms with Gasteiger partial charge in [-0.25, -0.2) is 0 Å². The standard InChI is InChI=1S/C21H17ClF3N3O/c1-11-18-14-4-2-3-5-15(14)19(12-6-8-13(22)9-7-12)27-16(20(18)29-28-11)10-17(26)21(23,24)25/h2-9,16-17H,10,26H2,1H3/t16-,17-/m0/s1. The number of aryl methyl sites for hydroxylation is 1. The smallest absolute Gasteiger partial charge is 0.358 e. The fourth-order valence-electron chi connectivity index (χ4n) is 3.51. The van der Waals surface area contributed by atoms with Crippen LogP contribution in [0.15, 0.2) is 58.0 Å². The first-order valence-electron chi connectivity index (χ1n) is 8.97. The van der Waals surface area contributed by atoms with Crippen LogP contribution >= 0.6 is 11.6 Å². The summed E-state index contributed by atoms with van der Waals surface area (Å²) in [6, 6.07) is 11.5. The number of hydrogen-bond donors (Lipinski definition) is 1. The number of fused-ring (bicyclic) bond motifs is 3. The Morgan fingerprint density at radius 3 is 2.41 bits per heavy atom. The van der Waals surface area contributed by atoms with E-state index in [0.717, 1.165) is 16.7 Å². The van der Waals surface area contributed by atoms with Crippen LogP contribution in [-0.4, -0.2) is 23.1 Å². The van der Waals surface area contributed by atoms with Crippen LogP contribution in [0.4, 0.5) is 13.2 Å². The topological polar surface area (TPSA) is 64.4 Å². The zero-order chi connectivity index (χ0) is 20.8. The lowest BCUT2D eigenvalue weighted by Crippen LogP contribution is -2.38. The number of benzene rings is 2.